The van der Waals surface area contributed by atoms with Crippen molar-refractivity contribution in [2.75, 3.05) is 0 Å². The molecular weight excluding hydrogens is 271 g/mol. The predicted octanol–water partition coefficient (Wildman–Crippen LogP) is 3.59. The summed E-state index contributed by atoms with van der Waals surface area (Å²) in [7, 11) is 0. The van der Waals surface area contributed by atoms with Gasteiger partial charge in [-0.15, -0.1) is 36.2 Å². The number of hydrogen-bond acceptors (Lipinski definition) is 4. The third-order valence-electron chi connectivity index (χ3n) is 1.77. The number of thioether (sulfide) groups is 1. The smallest absolute Gasteiger partial charge is 0.150 e. The summed E-state index contributed by atoms with van der Waals surface area (Å²) >= 11 is 3.56. The van der Waals surface area contributed by atoms with Crippen LogP contribution in [-0.2, 0) is 0 Å². The highest BCUT2D eigenvalue weighted by Gasteiger charge is 2.11. The number of nitrogens with two attached hydrogens (primary N) is 1. The second-order valence-electron chi connectivity index (χ2n) is 3.16. The van der Waals surface area contributed by atoms with E-state index in [0.717, 1.165) is 17.2 Å². The van der Waals surface area contributed by atoms with Crippen molar-refractivity contribution in [3.05, 3.63) is 11.6 Å². The number of rotatable bonds is 5. The minimum absolute atomic E-state index is 0. The zero-order valence-corrected chi connectivity index (χ0v) is 12.1. The second kappa shape index (κ2) is 9.73. The van der Waals surface area contributed by atoms with Crippen molar-refractivity contribution in [2.24, 2.45) is 5.73 Å². The maximum atomic E-state index is 5.77. The van der Waals surface area contributed by atoms with Crippen LogP contribution in [0.25, 0.3) is 0 Å². The Morgan fingerprint density at radius 3 is 2.60 bits per heavy atom. The first-order valence-corrected chi connectivity index (χ1v) is 6.30. The molecule has 0 fully saturated rings. The van der Waals surface area contributed by atoms with Gasteiger partial charge in [-0.25, -0.2) is 4.98 Å². The van der Waals surface area contributed by atoms with Crippen molar-refractivity contribution >= 4 is 47.9 Å². The van der Waals surface area contributed by atoms with Gasteiger partial charge < -0.3 is 5.73 Å². The van der Waals surface area contributed by atoms with Gasteiger partial charge in [-0.1, -0.05) is 18.7 Å². The molecule has 0 aliphatic rings. The van der Waals surface area contributed by atoms with Crippen LogP contribution in [0.15, 0.2) is 15.9 Å². The maximum absolute atomic E-state index is 5.77. The van der Waals surface area contributed by atoms with E-state index in [1.807, 2.05) is 23.3 Å². The van der Waals surface area contributed by atoms with Gasteiger partial charge in [-0.3, -0.25) is 0 Å². The number of hydrogen-bond donors (Lipinski definition) is 1. The first kappa shape index (κ1) is 17.9. The van der Waals surface area contributed by atoms with Crippen molar-refractivity contribution in [1.82, 2.24) is 4.98 Å². The molecule has 1 rings (SSSR count). The first-order valence-electron chi connectivity index (χ1n) is 4.54. The van der Waals surface area contributed by atoms with Crippen molar-refractivity contribution < 1.29 is 0 Å². The molecular formula is C9H18Cl2N2S2. The molecule has 6 heteroatoms. The normalized spacial score (nSPS) is 13.5. The van der Waals surface area contributed by atoms with Gasteiger partial charge in [-0.05, 0) is 19.8 Å². The number of nitrogens with zero attached hydrogens (tertiary/aromatic N) is 1. The second-order valence-corrected chi connectivity index (χ2v) is 5.60. The lowest BCUT2D eigenvalue weighted by Crippen LogP contribution is -2.20. The quantitative estimate of drug-likeness (QED) is 0.842. The van der Waals surface area contributed by atoms with Crippen LogP contribution < -0.4 is 5.73 Å². The van der Waals surface area contributed by atoms with E-state index in [1.165, 1.54) is 0 Å². The minimum Gasteiger partial charge on any atom is -0.328 e. The molecule has 15 heavy (non-hydrogen) atoms. The SMILES string of the molecule is CCC(CC(C)N)Sc1nccs1.Cl.Cl. The Labute approximate surface area is 112 Å². The summed E-state index contributed by atoms with van der Waals surface area (Å²) in [5, 5.41) is 2.63. The maximum Gasteiger partial charge on any atom is 0.150 e. The summed E-state index contributed by atoms with van der Waals surface area (Å²) in [5.74, 6) is 0. The average Bonchev–Trinajstić information content (AvgIpc) is 2.55. The third kappa shape index (κ3) is 7.41. The Balaban J connectivity index is 0. The molecule has 1 heterocycles. The molecule has 0 saturated heterocycles. The van der Waals surface area contributed by atoms with Gasteiger partial charge in [0, 0.05) is 22.9 Å². The lowest BCUT2D eigenvalue weighted by molar-refractivity contribution is 0.628. The molecule has 0 amide bonds. The van der Waals surface area contributed by atoms with Gasteiger partial charge in [0.15, 0.2) is 0 Å². The molecule has 2 atom stereocenters. The van der Waals surface area contributed by atoms with Gasteiger partial charge >= 0.3 is 0 Å². The van der Waals surface area contributed by atoms with Crippen LogP contribution in [-0.4, -0.2) is 16.3 Å². The van der Waals surface area contributed by atoms with Crippen molar-refractivity contribution in [3.8, 4) is 0 Å². The molecule has 0 saturated carbocycles. The van der Waals surface area contributed by atoms with Gasteiger partial charge in [0.25, 0.3) is 0 Å². The van der Waals surface area contributed by atoms with Crippen LogP contribution in [0.2, 0.25) is 0 Å². The van der Waals surface area contributed by atoms with E-state index in [2.05, 4.69) is 18.8 Å². The number of halogens is 2. The Kier molecular flexibility index (Phi) is 11.6. The zero-order valence-electron chi connectivity index (χ0n) is 8.88. The molecule has 0 aromatic carbocycles. The molecule has 0 aliphatic heterocycles. The highest BCUT2D eigenvalue weighted by Crippen LogP contribution is 2.29. The Hall–Kier alpha value is 0.520. The fraction of sp³-hybridized carbons (Fsp3) is 0.667. The zero-order chi connectivity index (χ0) is 9.68. The predicted molar refractivity (Wildman–Crippen MR) is 74.8 cm³/mol. The molecule has 90 valence electrons. The van der Waals surface area contributed by atoms with Crippen molar-refractivity contribution in [2.45, 2.75) is 42.3 Å². The molecule has 0 radical (unpaired) electrons. The van der Waals surface area contributed by atoms with Gasteiger partial charge in [0.05, 0.1) is 0 Å². The topological polar surface area (TPSA) is 38.9 Å². The Morgan fingerprint density at radius 1 is 1.53 bits per heavy atom. The van der Waals surface area contributed by atoms with Crippen molar-refractivity contribution in [3.63, 3.8) is 0 Å². The Morgan fingerprint density at radius 2 is 2.20 bits per heavy atom. The van der Waals surface area contributed by atoms with E-state index in [0.29, 0.717) is 5.25 Å². The molecule has 2 nitrogen and oxygen atoms in total. The summed E-state index contributed by atoms with van der Waals surface area (Å²) in [6, 6.07) is 0.289. The van der Waals surface area contributed by atoms with E-state index in [1.54, 1.807) is 11.3 Å². The third-order valence-corrected chi connectivity index (χ3v) is 4.08. The Bertz CT molecular complexity index is 230. The molecule has 2 unspecified atom stereocenters. The van der Waals surface area contributed by atoms with Gasteiger partial charge in [0.1, 0.15) is 4.34 Å². The highest BCUT2D eigenvalue weighted by atomic mass is 35.5. The number of aromatic nitrogens is 1. The van der Waals surface area contributed by atoms with Gasteiger partial charge in [0.2, 0.25) is 0 Å². The standard InChI is InChI=1S/C9H16N2S2.2ClH/c1-3-8(6-7(2)10)13-9-11-4-5-12-9;;/h4-5,7-8H,3,6,10H2,1-2H3;2*1H. The molecule has 1 aromatic rings. The lowest BCUT2D eigenvalue weighted by atomic mass is 10.1. The summed E-state index contributed by atoms with van der Waals surface area (Å²) in [6.45, 7) is 4.26. The van der Waals surface area contributed by atoms with E-state index in [-0.39, 0.29) is 30.9 Å². The minimum atomic E-state index is 0. The monoisotopic (exact) mass is 288 g/mol. The lowest BCUT2D eigenvalue weighted by Gasteiger charge is -2.14. The summed E-state index contributed by atoms with van der Waals surface area (Å²) < 4.78 is 1.16. The van der Waals surface area contributed by atoms with Crippen LogP contribution in [0.4, 0.5) is 0 Å². The van der Waals surface area contributed by atoms with E-state index in [4.69, 9.17) is 5.73 Å². The van der Waals surface area contributed by atoms with Gasteiger partial charge in [-0.2, -0.15) is 0 Å². The molecule has 0 spiro atoms. The summed E-state index contributed by atoms with van der Waals surface area (Å²) in [4.78, 5) is 4.25. The van der Waals surface area contributed by atoms with Crippen LogP contribution in [0.3, 0.4) is 0 Å². The van der Waals surface area contributed by atoms with E-state index < -0.39 is 0 Å². The fourth-order valence-electron chi connectivity index (χ4n) is 1.12. The van der Waals surface area contributed by atoms with E-state index in [9.17, 15) is 0 Å². The van der Waals surface area contributed by atoms with Crippen LogP contribution in [0.1, 0.15) is 26.7 Å². The average molecular weight is 289 g/mol. The largest absolute Gasteiger partial charge is 0.328 e. The van der Waals surface area contributed by atoms with Crippen LogP contribution >= 0.6 is 47.9 Å². The molecule has 0 bridgehead atoms. The molecule has 0 aliphatic carbocycles. The summed E-state index contributed by atoms with van der Waals surface area (Å²) in [6.07, 6.45) is 4.08. The first-order chi connectivity index (χ1) is 6.22. The number of thiazole rings is 1. The van der Waals surface area contributed by atoms with Crippen LogP contribution in [0, 0.1) is 0 Å². The van der Waals surface area contributed by atoms with E-state index >= 15 is 0 Å². The van der Waals surface area contributed by atoms with Crippen molar-refractivity contribution in [1.29, 1.82) is 0 Å². The summed E-state index contributed by atoms with van der Waals surface area (Å²) in [5.41, 5.74) is 5.77. The van der Waals surface area contributed by atoms with Crippen LogP contribution in [0.5, 0.6) is 0 Å². The highest BCUT2D eigenvalue weighted by molar-refractivity contribution is 8.01. The molecule has 2 N–H and O–H groups in total. The molecule has 1 aromatic heterocycles. The fourth-order valence-corrected chi connectivity index (χ4v) is 3.25.